The fourth-order valence-electron chi connectivity index (χ4n) is 4.72. The van der Waals surface area contributed by atoms with Crippen molar-refractivity contribution in [3.63, 3.8) is 0 Å². The van der Waals surface area contributed by atoms with Gasteiger partial charge in [-0.1, -0.05) is 18.2 Å². The molecule has 0 amide bonds. The van der Waals surface area contributed by atoms with Gasteiger partial charge in [0.1, 0.15) is 22.8 Å². The lowest BCUT2D eigenvalue weighted by Gasteiger charge is -2.32. The van der Waals surface area contributed by atoms with Crippen LogP contribution in [-0.2, 0) is 16.1 Å². The van der Waals surface area contributed by atoms with E-state index in [2.05, 4.69) is 11.8 Å². The minimum Gasteiger partial charge on any atom is -0.496 e. The van der Waals surface area contributed by atoms with E-state index < -0.39 is 0 Å². The molecular formula is C28H34N4O3. The minimum absolute atomic E-state index is 0.134. The molecule has 1 fully saturated rings. The molecule has 1 aromatic carbocycles. The minimum atomic E-state index is 0.134. The van der Waals surface area contributed by atoms with Gasteiger partial charge in [0.15, 0.2) is 0 Å². The number of carbonyl (C=O) groups excluding carboxylic acids is 1. The number of ether oxygens (including phenoxy) is 2. The molecule has 0 aliphatic carbocycles. The first-order valence-corrected chi connectivity index (χ1v) is 12.3. The molecule has 0 radical (unpaired) electrons. The van der Waals surface area contributed by atoms with E-state index >= 15 is 0 Å². The van der Waals surface area contributed by atoms with Crippen molar-refractivity contribution in [3.8, 4) is 5.75 Å². The normalized spacial score (nSPS) is 14.9. The van der Waals surface area contributed by atoms with Crippen LogP contribution in [0.5, 0.6) is 5.75 Å². The molecule has 0 N–H and O–H groups in total. The van der Waals surface area contributed by atoms with E-state index in [9.17, 15) is 4.79 Å². The number of hydrogen-bond donors (Lipinski definition) is 0. The Bertz CT molecular complexity index is 1240. The lowest BCUT2D eigenvalue weighted by Crippen LogP contribution is -2.37. The van der Waals surface area contributed by atoms with E-state index in [0.717, 1.165) is 65.8 Å². The maximum absolute atomic E-state index is 12.5. The number of ketones is 1. The van der Waals surface area contributed by atoms with Crippen molar-refractivity contribution in [2.24, 2.45) is 10.9 Å². The first kappa shape index (κ1) is 24.8. The van der Waals surface area contributed by atoms with E-state index in [4.69, 9.17) is 24.4 Å². The van der Waals surface area contributed by atoms with E-state index in [-0.39, 0.29) is 5.92 Å². The van der Waals surface area contributed by atoms with Crippen molar-refractivity contribution < 1.29 is 14.3 Å². The number of hydrogen-bond acceptors (Lipinski definition) is 7. The van der Waals surface area contributed by atoms with Gasteiger partial charge in [0.2, 0.25) is 0 Å². The molecule has 1 saturated heterocycles. The Morgan fingerprint density at radius 3 is 2.69 bits per heavy atom. The third-order valence-electron chi connectivity index (χ3n) is 6.69. The molecule has 0 unspecified atom stereocenters. The third kappa shape index (κ3) is 6.03. The summed E-state index contributed by atoms with van der Waals surface area (Å²) in [6, 6.07) is 12.0. The monoisotopic (exact) mass is 474 g/mol. The summed E-state index contributed by atoms with van der Waals surface area (Å²) in [5, 5.41) is 2.12. The van der Waals surface area contributed by atoms with Crippen LogP contribution in [0.2, 0.25) is 0 Å². The lowest BCUT2D eigenvalue weighted by molar-refractivity contribution is -0.123. The summed E-state index contributed by atoms with van der Waals surface area (Å²) in [6.45, 7) is 4.85. The number of aromatic nitrogens is 2. The van der Waals surface area contributed by atoms with Crippen LogP contribution in [0.15, 0.2) is 53.8 Å². The molecule has 2 aromatic heterocycles. The zero-order valence-electron chi connectivity index (χ0n) is 20.9. The molecule has 7 nitrogen and oxygen atoms in total. The maximum atomic E-state index is 12.5. The molecule has 0 bridgehead atoms. The summed E-state index contributed by atoms with van der Waals surface area (Å²) in [4.78, 5) is 29.0. The van der Waals surface area contributed by atoms with Gasteiger partial charge >= 0.3 is 0 Å². The number of nitrogens with zero attached hydrogens (tertiary/aromatic N) is 4. The van der Waals surface area contributed by atoms with Crippen molar-refractivity contribution >= 4 is 22.4 Å². The summed E-state index contributed by atoms with van der Waals surface area (Å²) in [6.07, 6.45) is 6.85. The van der Waals surface area contributed by atoms with Gasteiger partial charge in [-0.15, -0.1) is 0 Å². The number of anilines is 1. The molecule has 0 saturated carbocycles. The largest absolute Gasteiger partial charge is 0.496 e. The van der Waals surface area contributed by atoms with Gasteiger partial charge in [-0.05, 0) is 55.3 Å². The highest BCUT2D eigenvalue weighted by Crippen LogP contribution is 2.29. The number of benzene rings is 1. The van der Waals surface area contributed by atoms with Gasteiger partial charge in [-0.3, -0.25) is 9.79 Å². The highest BCUT2D eigenvalue weighted by molar-refractivity contribution is 5.93. The van der Waals surface area contributed by atoms with Crippen molar-refractivity contribution in [2.45, 2.75) is 39.2 Å². The molecule has 3 aromatic rings. The zero-order chi connectivity index (χ0) is 24.6. The number of pyridine rings is 1. The van der Waals surface area contributed by atoms with Gasteiger partial charge < -0.3 is 14.4 Å². The summed E-state index contributed by atoms with van der Waals surface area (Å²) in [5.41, 5.74) is 2.80. The van der Waals surface area contributed by atoms with Gasteiger partial charge in [0.25, 0.3) is 0 Å². The first-order chi connectivity index (χ1) is 17.1. The van der Waals surface area contributed by atoms with Gasteiger partial charge in [0, 0.05) is 62.5 Å². The van der Waals surface area contributed by atoms with Crippen molar-refractivity contribution in [3.05, 3.63) is 65.4 Å². The first-order valence-electron chi connectivity index (χ1n) is 12.3. The second kappa shape index (κ2) is 11.9. The average Bonchev–Trinajstić information content (AvgIpc) is 3.06. The molecule has 7 heteroatoms. The van der Waals surface area contributed by atoms with Crippen LogP contribution in [0.1, 0.15) is 36.8 Å². The molecule has 35 heavy (non-hydrogen) atoms. The number of carbonyl (C=O) groups is 1. The van der Waals surface area contributed by atoms with E-state index in [1.807, 2.05) is 48.8 Å². The smallest absolute Gasteiger partial charge is 0.147 e. The Kier molecular flexibility index (Phi) is 8.42. The second-order valence-corrected chi connectivity index (χ2v) is 8.99. The molecular weight excluding hydrogens is 440 g/mol. The quantitative estimate of drug-likeness (QED) is 0.431. The van der Waals surface area contributed by atoms with E-state index in [1.54, 1.807) is 14.2 Å². The number of rotatable bonds is 9. The molecule has 0 atom stereocenters. The highest BCUT2D eigenvalue weighted by atomic mass is 16.5. The summed E-state index contributed by atoms with van der Waals surface area (Å²) in [7, 11) is 3.35. The Balaban J connectivity index is 1.55. The number of aryl methyl sites for hydroxylation is 1. The predicted octanol–water partition coefficient (Wildman–Crippen LogP) is 4.26. The number of methoxy groups -OCH3 is 2. The maximum Gasteiger partial charge on any atom is 0.147 e. The van der Waals surface area contributed by atoms with Crippen LogP contribution in [0, 0.1) is 12.8 Å². The third-order valence-corrected chi connectivity index (χ3v) is 6.69. The van der Waals surface area contributed by atoms with Gasteiger partial charge in [0.05, 0.1) is 13.7 Å². The van der Waals surface area contributed by atoms with E-state index in [1.165, 1.54) is 0 Å². The van der Waals surface area contributed by atoms with Gasteiger partial charge in [-0.25, -0.2) is 9.97 Å². The molecule has 3 heterocycles. The second-order valence-electron chi connectivity index (χ2n) is 8.99. The SMILES string of the molecule is COCCCC(=O)C1CCN(c2nccc3c(C)cc(=NCc4ccccc4OC)ncc23)CC1. The Morgan fingerprint density at radius 2 is 1.91 bits per heavy atom. The summed E-state index contributed by atoms with van der Waals surface area (Å²) >= 11 is 0. The topological polar surface area (TPSA) is 76.9 Å². The van der Waals surface area contributed by atoms with Crippen LogP contribution >= 0.6 is 0 Å². The molecule has 184 valence electrons. The van der Waals surface area contributed by atoms with Crippen LogP contribution in [0.25, 0.3) is 10.8 Å². The fourth-order valence-corrected chi connectivity index (χ4v) is 4.72. The van der Waals surface area contributed by atoms with Crippen LogP contribution in [0.4, 0.5) is 5.82 Å². The van der Waals surface area contributed by atoms with Crippen LogP contribution < -0.4 is 15.1 Å². The van der Waals surface area contributed by atoms with Crippen molar-refractivity contribution in [1.82, 2.24) is 9.97 Å². The van der Waals surface area contributed by atoms with Crippen LogP contribution in [-0.4, -0.2) is 49.7 Å². The Hall–Kier alpha value is -3.32. The highest BCUT2D eigenvalue weighted by Gasteiger charge is 2.26. The Labute approximate surface area is 206 Å². The number of Topliss-reactive ketones (excluding diaryl/α,β-unsaturated/α-hetero) is 1. The van der Waals surface area contributed by atoms with Gasteiger partial charge in [-0.2, -0.15) is 0 Å². The number of piperidine rings is 1. The lowest BCUT2D eigenvalue weighted by atomic mass is 9.90. The fraction of sp³-hybridized carbons (Fsp3) is 0.429. The van der Waals surface area contributed by atoms with Crippen LogP contribution in [0.3, 0.4) is 0 Å². The van der Waals surface area contributed by atoms with Crippen molar-refractivity contribution in [1.29, 1.82) is 0 Å². The summed E-state index contributed by atoms with van der Waals surface area (Å²) in [5.74, 6) is 2.24. The summed E-state index contributed by atoms with van der Waals surface area (Å²) < 4.78 is 10.5. The van der Waals surface area contributed by atoms with Crippen molar-refractivity contribution in [2.75, 3.05) is 38.8 Å². The molecule has 1 aliphatic heterocycles. The standard InChI is InChI=1S/C28H34N4O3/c1-20-17-27(30-18-22-7-4-5-9-26(22)35-3)31-19-24-23(20)10-13-29-28(24)32-14-11-21(12-15-32)25(33)8-6-16-34-2/h4-5,7,9-10,13,17,19,21H,6,8,11-12,14-16,18H2,1-3H3. The molecule has 0 spiro atoms. The molecule has 1 aliphatic rings. The van der Waals surface area contributed by atoms with E-state index in [0.29, 0.717) is 30.8 Å². The number of fused-ring (bicyclic) bond motifs is 1. The molecule has 4 rings (SSSR count). The predicted molar refractivity (Wildman–Crippen MR) is 138 cm³/mol. The Morgan fingerprint density at radius 1 is 1.11 bits per heavy atom. The average molecular weight is 475 g/mol. The number of para-hydroxylation sites is 1. The zero-order valence-corrected chi connectivity index (χ0v) is 20.9.